The number of fused-ring (bicyclic) bond motifs is 1. The zero-order chi connectivity index (χ0) is 13.7. The number of hydrogen-bond donors (Lipinski definition) is 3. The molecule has 3 aromatic rings. The van der Waals surface area contributed by atoms with Gasteiger partial charge in [-0.3, -0.25) is 0 Å². The Morgan fingerprint density at radius 1 is 0.526 bits per heavy atom. The van der Waals surface area contributed by atoms with E-state index in [1.54, 1.807) is 0 Å². The van der Waals surface area contributed by atoms with Crippen LogP contribution in [0.15, 0.2) is 48.5 Å². The molecule has 6 nitrogen and oxygen atoms in total. The van der Waals surface area contributed by atoms with E-state index in [-0.39, 0.29) is 17.8 Å². The van der Waals surface area contributed by atoms with Crippen molar-refractivity contribution in [3.05, 3.63) is 48.5 Å². The quantitative estimate of drug-likeness (QED) is 0.559. The Hall–Kier alpha value is -2.89. The van der Waals surface area contributed by atoms with Crippen LogP contribution < -0.4 is 17.2 Å². The molecule has 0 radical (unpaired) electrons. The highest BCUT2D eigenvalue weighted by Gasteiger charge is 1.93. The van der Waals surface area contributed by atoms with Crippen LogP contribution in [-0.4, -0.2) is 15.0 Å². The number of hydrogen-bond acceptors (Lipinski definition) is 6. The molecule has 0 aliphatic rings. The largest absolute Gasteiger partial charge is 0.368 e. The molecule has 0 saturated carbocycles. The Bertz CT molecular complexity index is 567. The maximum absolute atomic E-state index is 5.14. The summed E-state index contributed by atoms with van der Waals surface area (Å²) in [6.45, 7) is 0. The summed E-state index contributed by atoms with van der Waals surface area (Å²) in [7, 11) is 0. The minimum absolute atomic E-state index is 0.0417. The van der Waals surface area contributed by atoms with Gasteiger partial charge in [0.05, 0.1) is 0 Å². The van der Waals surface area contributed by atoms with Crippen LogP contribution in [0.1, 0.15) is 0 Å². The van der Waals surface area contributed by atoms with E-state index >= 15 is 0 Å². The van der Waals surface area contributed by atoms with Crippen molar-refractivity contribution in [1.29, 1.82) is 0 Å². The summed E-state index contributed by atoms with van der Waals surface area (Å²) in [6, 6.07) is 16.7. The number of aromatic nitrogens is 3. The van der Waals surface area contributed by atoms with Gasteiger partial charge in [0.15, 0.2) is 0 Å². The van der Waals surface area contributed by atoms with Gasteiger partial charge in [-0.25, -0.2) is 0 Å². The van der Waals surface area contributed by atoms with Crippen molar-refractivity contribution in [3.63, 3.8) is 0 Å². The van der Waals surface area contributed by atoms with Crippen LogP contribution in [0.3, 0.4) is 0 Å². The van der Waals surface area contributed by atoms with Gasteiger partial charge in [-0.2, -0.15) is 15.0 Å². The molecule has 3 rings (SSSR count). The number of rotatable bonds is 0. The number of anilines is 3. The van der Waals surface area contributed by atoms with Crippen LogP contribution in [0.2, 0.25) is 0 Å². The number of nitrogens with two attached hydrogens (primary N) is 3. The number of nitrogen functional groups attached to an aromatic ring is 3. The summed E-state index contributed by atoms with van der Waals surface area (Å²) in [6.07, 6.45) is 0. The fraction of sp³-hybridized carbons (Fsp3) is 0. The molecular weight excluding hydrogens is 240 g/mol. The van der Waals surface area contributed by atoms with Crippen molar-refractivity contribution >= 4 is 28.6 Å². The smallest absolute Gasteiger partial charge is 0.226 e. The normalized spacial score (nSPS) is 9.68. The Morgan fingerprint density at radius 3 is 1.05 bits per heavy atom. The Balaban J connectivity index is 0.000000141. The molecule has 0 spiro atoms. The first-order chi connectivity index (χ1) is 9.15. The Morgan fingerprint density at radius 2 is 0.789 bits per heavy atom. The van der Waals surface area contributed by atoms with Crippen LogP contribution in [-0.2, 0) is 0 Å². The van der Waals surface area contributed by atoms with Crippen LogP contribution >= 0.6 is 0 Å². The van der Waals surface area contributed by atoms with Gasteiger partial charge in [0, 0.05) is 0 Å². The van der Waals surface area contributed by atoms with Gasteiger partial charge >= 0.3 is 0 Å². The molecule has 19 heavy (non-hydrogen) atoms. The van der Waals surface area contributed by atoms with Crippen LogP contribution in [0.4, 0.5) is 17.8 Å². The fourth-order valence-electron chi connectivity index (χ4n) is 1.56. The zero-order valence-electron chi connectivity index (χ0n) is 10.2. The fourth-order valence-corrected chi connectivity index (χ4v) is 1.56. The van der Waals surface area contributed by atoms with Gasteiger partial charge in [-0.1, -0.05) is 48.5 Å². The second-order valence-electron chi connectivity index (χ2n) is 3.76. The monoisotopic (exact) mass is 254 g/mol. The summed E-state index contributed by atoms with van der Waals surface area (Å²) in [5.41, 5.74) is 15.4. The van der Waals surface area contributed by atoms with Gasteiger partial charge in [-0.05, 0) is 10.8 Å². The summed E-state index contributed by atoms with van der Waals surface area (Å²) in [4.78, 5) is 10.5. The molecule has 96 valence electrons. The summed E-state index contributed by atoms with van der Waals surface area (Å²) in [5.74, 6) is 0.125. The predicted molar refractivity (Wildman–Crippen MR) is 77.0 cm³/mol. The number of benzene rings is 2. The molecule has 0 bridgehead atoms. The van der Waals surface area contributed by atoms with E-state index < -0.39 is 0 Å². The van der Waals surface area contributed by atoms with Crippen molar-refractivity contribution < 1.29 is 0 Å². The van der Waals surface area contributed by atoms with Crippen molar-refractivity contribution in [2.45, 2.75) is 0 Å². The molecule has 0 aliphatic carbocycles. The lowest BCUT2D eigenvalue weighted by molar-refractivity contribution is 1.09. The van der Waals surface area contributed by atoms with Crippen LogP contribution in [0.25, 0.3) is 10.8 Å². The first-order valence-corrected chi connectivity index (χ1v) is 5.61. The van der Waals surface area contributed by atoms with Gasteiger partial charge in [0.25, 0.3) is 0 Å². The van der Waals surface area contributed by atoms with Crippen LogP contribution in [0.5, 0.6) is 0 Å². The second-order valence-corrected chi connectivity index (χ2v) is 3.76. The SMILES string of the molecule is Nc1nc(N)nc(N)n1.c1ccc2ccccc2c1. The lowest BCUT2D eigenvalue weighted by atomic mass is 10.1. The highest BCUT2D eigenvalue weighted by atomic mass is 15.2. The van der Waals surface area contributed by atoms with E-state index in [2.05, 4.69) is 63.5 Å². The average molecular weight is 254 g/mol. The first kappa shape index (κ1) is 12.6. The topological polar surface area (TPSA) is 117 Å². The van der Waals surface area contributed by atoms with Gasteiger partial charge in [-0.15, -0.1) is 0 Å². The molecule has 0 atom stereocenters. The van der Waals surface area contributed by atoms with E-state index in [1.165, 1.54) is 10.8 Å². The molecule has 6 N–H and O–H groups in total. The van der Waals surface area contributed by atoms with Gasteiger partial charge in [0.2, 0.25) is 17.8 Å². The third kappa shape index (κ3) is 3.53. The standard InChI is InChI=1S/C10H8.C3H6N6/c1-2-6-10-8-4-3-7-9(10)5-1;4-1-7-2(5)9-3(6)8-1/h1-8H;(H6,4,5,6,7,8,9). The lowest BCUT2D eigenvalue weighted by Crippen LogP contribution is -2.05. The number of nitrogens with zero attached hydrogens (tertiary/aromatic N) is 3. The minimum atomic E-state index is 0.0417. The van der Waals surface area contributed by atoms with Crippen molar-refractivity contribution in [1.82, 2.24) is 15.0 Å². The molecule has 0 amide bonds. The predicted octanol–water partition coefficient (Wildman–Crippen LogP) is 1.46. The molecule has 6 heteroatoms. The Kier molecular flexibility index (Phi) is 3.72. The summed E-state index contributed by atoms with van der Waals surface area (Å²) < 4.78 is 0. The maximum Gasteiger partial charge on any atom is 0.226 e. The first-order valence-electron chi connectivity index (χ1n) is 5.61. The molecule has 0 unspecified atom stereocenters. The van der Waals surface area contributed by atoms with E-state index in [0.29, 0.717) is 0 Å². The van der Waals surface area contributed by atoms with Gasteiger partial charge in [0.1, 0.15) is 0 Å². The molecule has 1 heterocycles. The third-order valence-electron chi connectivity index (χ3n) is 2.35. The molecule has 0 saturated heterocycles. The van der Waals surface area contributed by atoms with Crippen molar-refractivity contribution in [2.75, 3.05) is 17.2 Å². The second kappa shape index (κ2) is 5.63. The van der Waals surface area contributed by atoms with Crippen LogP contribution in [0, 0.1) is 0 Å². The summed E-state index contributed by atoms with van der Waals surface area (Å²) in [5, 5.41) is 2.62. The Labute approximate surface area is 110 Å². The zero-order valence-corrected chi connectivity index (χ0v) is 10.2. The molecule has 0 aliphatic heterocycles. The highest BCUT2D eigenvalue weighted by Crippen LogP contribution is 2.11. The van der Waals surface area contributed by atoms with E-state index in [9.17, 15) is 0 Å². The van der Waals surface area contributed by atoms with Crippen molar-refractivity contribution in [3.8, 4) is 0 Å². The van der Waals surface area contributed by atoms with Crippen molar-refractivity contribution in [2.24, 2.45) is 0 Å². The van der Waals surface area contributed by atoms with Gasteiger partial charge < -0.3 is 17.2 Å². The minimum Gasteiger partial charge on any atom is -0.368 e. The highest BCUT2D eigenvalue weighted by molar-refractivity contribution is 5.81. The van der Waals surface area contributed by atoms with E-state index in [1.807, 2.05) is 0 Å². The van der Waals surface area contributed by atoms with E-state index in [4.69, 9.17) is 17.2 Å². The molecule has 2 aromatic carbocycles. The molecule has 0 fully saturated rings. The average Bonchev–Trinajstić information content (AvgIpc) is 2.38. The summed E-state index contributed by atoms with van der Waals surface area (Å²) >= 11 is 0. The molecular formula is C13H14N6. The third-order valence-corrected chi connectivity index (χ3v) is 2.35. The lowest BCUT2D eigenvalue weighted by Gasteiger charge is -1.93. The molecule has 1 aromatic heterocycles. The van der Waals surface area contributed by atoms with E-state index in [0.717, 1.165) is 0 Å². The maximum atomic E-state index is 5.14.